The molecule has 0 saturated carbocycles. The van der Waals surface area contributed by atoms with E-state index in [0.717, 1.165) is 22.3 Å². The molecule has 2 unspecified atom stereocenters. The molecular weight excluding hydrogens is 408 g/mol. The molecule has 0 saturated heterocycles. The van der Waals surface area contributed by atoms with Gasteiger partial charge in [-0.25, -0.2) is 4.79 Å². The maximum Gasteiger partial charge on any atom is 0.407 e. The van der Waals surface area contributed by atoms with Crippen LogP contribution in [0.3, 0.4) is 0 Å². The van der Waals surface area contributed by atoms with E-state index < -0.39 is 18.3 Å². The monoisotopic (exact) mass is 432 g/mol. The van der Waals surface area contributed by atoms with E-state index in [2.05, 4.69) is 22.4 Å². The third kappa shape index (κ3) is 4.39. The first-order chi connectivity index (χ1) is 15.6. The number of alkyl carbamates (subject to hydrolysis) is 1. The van der Waals surface area contributed by atoms with Gasteiger partial charge in [0.2, 0.25) is 0 Å². The first-order valence-corrected chi connectivity index (χ1v) is 10.4. The molecule has 1 heterocycles. The molecule has 1 aliphatic carbocycles. The number of aliphatic hydroxyl groups excluding tert-OH is 2. The molecule has 32 heavy (non-hydrogen) atoms. The average molecular weight is 432 g/mol. The molecule has 7 nitrogen and oxygen atoms in total. The third-order valence-corrected chi connectivity index (χ3v) is 5.75. The number of pyridine rings is 1. The summed E-state index contributed by atoms with van der Waals surface area (Å²) in [5.74, 6) is -0.0343. The number of carbonyl (C=O) groups excluding carboxylic acids is 2. The van der Waals surface area contributed by atoms with Crippen molar-refractivity contribution in [3.05, 3.63) is 89.2 Å². The Morgan fingerprint density at radius 2 is 1.72 bits per heavy atom. The summed E-state index contributed by atoms with van der Waals surface area (Å²) < 4.78 is 5.45. The summed E-state index contributed by atoms with van der Waals surface area (Å²) in [6.07, 6.45) is 0.408. The van der Waals surface area contributed by atoms with Gasteiger partial charge in [0, 0.05) is 36.0 Å². The second-order valence-corrected chi connectivity index (χ2v) is 7.68. The summed E-state index contributed by atoms with van der Waals surface area (Å²) in [6.45, 7) is 0.301. The van der Waals surface area contributed by atoms with Gasteiger partial charge in [-0.15, -0.1) is 0 Å². The van der Waals surface area contributed by atoms with Crippen molar-refractivity contribution in [2.24, 2.45) is 0 Å². The topological polar surface area (TPSA) is 109 Å². The lowest BCUT2D eigenvalue weighted by atomic mass is 9.98. The molecule has 1 aliphatic rings. The molecule has 3 aromatic rings. The van der Waals surface area contributed by atoms with Crippen LogP contribution in [0, 0.1) is 0 Å². The highest BCUT2D eigenvalue weighted by Crippen LogP contribution is 2.44. The van der Waals surface area contributed by atoms with E-state index >= 15 is 0 Å². The van der Waals surface area contributed by atoms with Crippen molar-refractivity contribution in [1.29, 1.82) is 0 Å². The van der Waals surface area contributed by atoms with Gasteiger partial charge in [-0.05, 0) is 34.7 Å². The van der Waals surface area contributed by atoms with E-state index in [1.807, 2.05) is 36.4 Å². The Balaban J connectivity index is 1.29. The molecule has 7 heteroatoms. The molecule has 4 rings (SSSR count). The fraction of sp³-hybridized carbons (Fsp3) is 0.240. The predicted molar refractivity (Wildman–Crippen MR) is 118 cm³/mol. The summed E-state index contributed by atoms with van der Waals surface area (Å²) in [5, 5.41) is 23.1. The van der Waals surface area contributed by atoms with Gasteiger partial charge in [0.15, 0.2) is 6.29 Å². The van der Waals surface area contributed by atoms with Gasteiger partial charge >= 0.3 is 6.09 Å². The minimum atomic E-state index is -1.28. The number of benzene rings is 2. The first kappa shape index (κ1) is 21.7. The van der Waals surface area contributed by atoms with Crippen LogP contribution in [0.4, 0.5) is 4.79 Å². The molecule has 2 aromatic carbocycles. The Kier molecular flexibility index (Phi) is 6.58. The average Bonchev–Trinajstić information content (AvgIpc) is 3.16. The molecule has 0 spiro atoms. The molecule has 164 valence electrons. The van der Waals surface area contributed by atoms with Crippen LogP contribution in [-0.2, 0) is 4.74 Å². The van der Waals surface area contributed by atoms with Gasteiger partial charge in [-0.2, -0.15) is 0 Å². The van der Waals surface area contributed by atoms with E-state index in [1.54, 1.807) is 0 Å². The van der Waals surface area contributed by atoms with Crippen LogP contribution in [0.2, 0.25) is 0 Å². The second kappa shape index (κ2) is 9.72. The van der Waals surface area contributed by atoms with Gasteiger partial charge in [-0.3, -0.25) is 9.78 Å². The number of carbonyl (C=O) groups is 2. The van der Waals surface area contributed by atoms with Crippen molar-refractivity contribution in [2.75, 3.05) is 13.2 Å². The summed E-state index contributed by atoms with van der Waals surface area (Å²) in [5.41, 5.74) is 5.07. The number of fused-ring (bicyclic) bond motifs is 3. The fourth-order valence-corrected chi connectivity index (χ4v) is 4.11. The van der Waals surface area contributed by atoms with Crippen LogP contribution < -0.4 is 5.32 Å². The lowest BCUT2D eigenvalue weighted by Gasteiger charge is -2.19. The van der Waals surface area contributed by atoms with Crippen LogP contribution in [0.1, 0.15) is 45.5 Å². The SMILES string of the molecule is O=Cc1ccncc1C(O)C(O)CCNC(=O)OCC1c2ccccc2-c2ccccc21. The zero-order valence-electron chi connectivity index (χ0n) is 17.3. The molecule has 1 amide bonds. The van der Waals surface area contributed by atoms with Gasteiger partial charge in [0.1, 0.15) is 12.7 Å². The van der Waals surface area contributed by atoms with E-state index in [4.69, 9.17) is 4.74 Å². The van der Waals surface area contributed by atoms with Crippen LogP contribution in [-0.4, -0.2) is 46.8 Å². The standard InChI is InChI=1S/C25H24N2O5/c28-14-16-9-11-26-13-21(16)24(30)23(29)10-12-27-25(31)32-15-22-19-7-3-1-5-17(19)18-6-2-4-8-20(18)22/h1-9,11,13-14,22-24,29-30H,10,12,15H2,(H,27,31). The summed E-state index contributed by atoms with van der Waals surface area (Å²) in [4.78, 5) is 27.2. The number of hydrogen-bond donors (Lipinski definition) is 3. The second-order valence-electron chi connectivity index (χ2n) is 7.68. The third-order valence-electron chi connectivity index (χ3n) is 5.75. The maximum absolute atomic E-state index is 12.2. The molecular formula is C25H24N2O5. The molecule has 0 aliphatic heterocycles. The molecule has 3 N–H and O–H groups in total. The number of nitrogens with zero attached hydrogens (tertiary/aromatic N) is 1. The predicted octanol–water partition coefficient (Wildman–Crippen LogP) is 3.22. The van der Waals surface area contributed by atoms with Crippen LogP contribution >= 0.6 is 0 Å². The normalized spacial score (nSPS) is 14.2. The highest BCUT2D eigenvalue weighted by Gasteiger charge is 2.29. The van der Waals surface area contributed by atoms with Gasteiger partial charge in [0.05, 0.1) is 6.10 Å². The Hall–Kier alpha value is -3.55. The van der Waals surface area contributed by atoms with Crippen molar-refractivity contribution in [3.8, 4) is 11.1 Å². The van der Waals surface area contributed by atoms with E-state index in [1.165, 1.54) is 18.5 Å². The maximum atomic E-state index is 12.2. The largest absolute Gasteiger partial charge is 0.449 e. The zero-order chi connectivity index (χ0) is 22.5. The lowest BCUT2D eigenvalue weighted by molar-refractivity contribution is 0.0131. The molecule has 2 atom stereocenters. The van der Waals surface area contributed by atoms with Crippen molar-refractivity contribution in [1.82, 2.24) is 10.3 Å². The molecule has 1 aromatic heterocycles. The number of amides is 1. The number of ether oxygens (including phenoxy) is 1. The van der Waals surface area contributed by atoms with Gasteiger partial charge < -0.3 is 20.3 Å². The van der Waals surface area contributed by atoms with Crippen LogP contribution in [0.5, 0.6) is 0 Å². The van der Waals surface area contributed by atoms with E-state index in [9.17, 15) is 19.8 Å². The molecule has 0 radical (unpaired) electrons. The smallest absolute Gasteiger partial charge is 0.407 e. The van der Waals surface area contributed by atoms with Crippen LogP contribution in [0.25, 0.3) is 11.1 Å². The van der Waals surface area contributed by atoms with E-state index in [0.29, 0.717) is 6.29 Å². The van der Waals surface area contributed by atoms with Crippen molar-refractivity contribution >= 4 is 12.4 Å². The number of nitrogens with one attached hydrogen (secondary N) is 1. The number of aromatic nitrogens is 1. The molecule has 0 bridgehead atoms. The summed E-state index contributed by atoms with van der Waals surface area (Å²) >= 11 is 0. The first-order valence-electron chi connectivity index (χ1n) is 10.4. The Bertz CT molecular complexity index is 1070. The zero-order valence-corrected chi connectivity index (χ0v) is 17.3. The summed E-state index contributed by atoms with van der Waals surface area (Å²) in [7, 11) is 0. The summed E-state index contributed by atoms with van der Waals surface area (Å²) in [6, 6.07) is 17.6. The van der Waals surface area contributed by atoms with Crippen molar-refractivity contribution in [3.63, 3.8) is 0 Å². The van der Waals surface area contributed by atoms with Crippen molar-refractivity contribution < 1.29 is 24.5 Å². The van der Waals surface area contributed by atoms with Crippen molar-refractivity contribution in [2.45, 2.75) is 24.5 Å². The number of hydrogen-bond acceptors (Lipinski definition) is 6. The van der Waals surface area contributed by atoms with Gasteiger partial charge in [0.25, 0.3) is 0 Å². The lowest BCUT2D eigenvalue weighted by Crippen LogP contribution is -2.31. The molecule has 0 fully saturated rings. The van der Waals surface area contributed by atoms with E-state index in [-0.39, 0.29) is 36.6 Å². The Labute approximate surface area is 185 Å². The quantitative estimate of drug-likeness (QED) is 0.472. The van der Waals surface area contributed by atoms with Gasteiger partial charge in [-0.1, -0.05) is 48.5 Å². The highest BCUT2D eigenvalue weighted by atomic mass is 16.5. The highest BCUT2D eigenvalue weighted by molar-refractivity contribution is 5.79. The van der Waals surface area contributed by atoms with Crippen LogP contribution in [0.15, 0.2) is 67.0 Å². The number of aliphatic hydroxyl groups is 2. The number of aldehydes is 1. The Morgan fingerprint density at radius 1 is 1.06 bits per heavy atom. The number of rotatable bonds is 8. The minimum absolute atomic E-state index is 0.0343. The minimum Gasteiger partial charge on any atom is -0.449 e. The fourth-order valence-electron chi connectivity index (χ4n) is 4.11. The Morgan fingerprint density at radius 3 is 2.38 bits per heavy atom.